The maximum Gasteiger partial charge on any atom is 0.304 e. The Bertz CT molecular complexity index is 609. The first-order chi connectivity index (χ1) is 9.69. The first-order valence-electron chi connectivity index (χ1n) is 6.20. The van der Waals surface area contributed by atoms with Crippen LogP contribution in [0.5, 0.6) is 11.5 Å². The molecule has 0 aliphatic carbocycles. The van der Waals surface area contributed by atoms with Gasteiger partial charge in [-0.2, -0.15) is 0 Å². The molecule has 0 fully saturated rings. The lowest BCUT2D eigenvalue weighted by atomic mass is 9.97. The summed E-state index contributed by atoms with van der Waals surface area (Å²) in [5.41, 5.74) is 0.801. The predicted octanol–water partition coefficient (Wildman–Crippen LogP) is 3.67. The number of carboxylic acids is 1. The molecule has 0 aliphatic heterocycles. The van der Waals surface area contributed by atoms with Crippen molar-refractivity contribution in [3.05, 3.63) is 60.2 Å². The highest BCUT2D eigenvalue weighted by Gasteiger charge is 2.12. The second-order valence-corrected chi connectivity index (χ2v) is 4.30. The van der Waals surface area contributed by atoms with Gasteiger partial charge in [-0.05, 0) is 29.8 Å². The van der Waals surface area contributed by atoms with Gasteiger partial charge >= 0.3 is 5.97 Å². The second-order valence-electron chi connectivity index (χ2n) is 4.30. The molecule has 2 rings (SSSR count). The first kappa shape index (κ1) is 13.7. The molecule has 3 nitrogen and oxygen atoms in total. The van der Waals surface area contributed by atoms with E-state index in [0.29, 0.717) is 5.75 Å². The van der Waals surface area contributed by atoms with Gasteiger partial charge in [0, 0.05) is 0 Å². The number of rotatable bonds is 5. The van der Waals surface area contributed by atoms with Crippen molar-refractivity contribution in [2.24, 2.45) is 0 Å². The van der Waals surface area contributed by atoms with E-state index in [9.17, 15) is 4.79 Å². The summed E-state index contributed by atoms with van der Waals surface area (Å²) in [4.78, 5) is 10.7. The number of terminal acetylenes is 1. The van der Waals surface area contributed by atoms with E-state index in [1.54, 1.807) is 24.3 Å². The zero-order valence-electron chi connectivity index (χ0n) is 10.8. The number of hydrogen-bond acceptors (Lipinski definition) is 2. The van der Waals surface area contributed by atoms with Crippen molar-refractivity contribution in [1.82, 2.24) is 0 Å². The normalized spacial score (nSPS) is 11.3. The van der Waals surface area contributed by atoms with Gasteiger partial charge in [-0.3, -0.25) is 4.79 Å². The zero-order valence-corrected chi connectivity index (χ0v) is 10.8. The SMILES string of the molecule is C#C[C@@H](CC(=O)O)c1ccc(Oc2ccccc2)cc1. The summed E-state index contributed by atoms with van der Waals surface area (Å²) in [6.45, 7) is 0. The van der Waals surface area contributed by atoms with Crippen LogP contribution in [-0.2, 0) is 4.79 Å². The largest absolute Gasteiger partial charge is 0.481 e. The van der Waals surface area contributed by atoms with Gasteiger partial charge in [0.15, 0.2) is 0 Å². The minimum absolute atomic E-state index is 0.0740. The number of para-hydroxylation sites is 1. The molecule has 0 bridgehead atoms. The average molecular weight is 266 g/mol. The van der Waals surface area contributed by atoms with Crippen molar-refractivity contribution in [1.29, 1.82) is 0 Å². The molecule has 20 heavy (non-hydrogen) atoms. The van der Waals surface area contributed by atoms with E-state index in [1.165, 1.54) is 0 Å². The van der Waals surface area contributed by atoms with Crippen molar-refractivity contribution in [2.75, 3.05) is 0 Å². The molecule has 1 N–H and O–H groups in total. The molecule has 0 unspecified atom stereocenters. The lowest BCUT2D eigenvalue weighted by Gasteiger charge is -2.10. The fraction of sp³-hybridized carbons (Fsp3) is 0.118. The topological polar surface area (TPSA) is 46.5 Å². The van der Waals surface area contributed by atoms with Crippen LogP contribution in [0.25, 0.3) is 0 Å². The predicted molar refractivity (Wildman–Crippen MR) is 76.8 cm³/mol. The van der Waals surface area contributed by atoms with E-state index in [2.05, 4.69) is 5.92 Å². The van der Waals surface area contributed by atoms with Gasteiger partial charge in [-0.15, -0.1) is 6.42 Å². The number of ether oxygens (including phenoxy) is 1. The zero-order chi connectivity index (χ0) is 14.4. The molecule has 0 saturated heterocycles. The van der Waals surface area contributed by atoms with Gasteiger partial charge < -0.3 is 9.84 Å². The fourth-order valence-electron chi connectivity index (χ4n) is 1.84. The van der Waals surface area contributed by atoms with E-state index < -0.39 is 11.9 Å². The molecule has 1 atom stereocenters. The Labute approximate surface area is 117 Å². The maximum atomic E-state index is 10.7. The monoisotopic (exact) mass is 266 g/mol. The molecular formula is C17H14O3. The third-order valence-corrected chi connectivity index (χ3v) is 2.84. The lowest BCUT2D eigenvalue weighted by molar-refractivity contribution is -0.137. The Morgan fingerprint density at radius 1 is 1.10 bits per heavy atom. The Morgan fingerprint density at radius 3 is 2.25 bits per heavy atom. The molecule has 0 spiro atoms. The van der Waals surface area contributed by atoms with Gasteiger partial charge in [0.25, 0.3) is 0 Å². The minimum atomic E-state index is -0.905. The molecule has 2 aromatic rings. The summed E-state index contributed by atoms with van der Waals surface area (Å²) in [5, 5.41) is 8.81. The molecule has 3 heteroatoms. The van der Waals surface area contributed by atoms with Crippen LogP contribution in [-0.4, -0.2) is 11.1 Å². The molecule has 0 heterocycles. The Morgan fingerprint density at radius 2 is 1.70 bits per heavy atom. The maximum absolute atomic E-state index is 10.7. The Balaban J connectivity index is 2.10. The summed E-state index contributed by atoms with van der Waals surface area (Å²) in [5.74, 6) is 2.61. The van der Waals surface area contributed by atoms with Crippen molar-refractivity contribution in [2.45, 2.75) is 12.3 Å². The molecule has 0 saturated carbocycles. The Kier molecular flexibility index (Phi) is 4.41. The van der Waals surface area contributed by atoms with Crippen LogP contribution >= 0.6 is 0 Å². The second kappa shape index (κ2) is 6.44. The lowest BCUT2D eigenvalue weighted by Crippen LogP contribution is -2.04. The van der Waals surface area contributed by atoms with Gasteiger partial charge in [-0.1, -0.05) is 36.3 Å². The summed E-state index contributed by atoms with van der Waals surface area (Å²) in [6.07, 6.45) is 5.30. The van der Waals surface area contributed by atoms with Crippen LogP contribution in [0, 0.1) is 12.3 Å². The molecule has 0 aliphatic rings. The Hall–Kier alpha value is -2.73. The number of carbonyl (C=O) groups is 1. The highest BCUT2D eigenvalue weighted by atomic mass is 16.5. The van der Waals surface area contributed by atoms with Gasteiger partial charge in [0.05, 0.1) is 12.3 Å². The molecule has 0 amide bonds. The van der Waals surface area contributed by atoms with Crippen LogP contribution in [0.4, 0.5) is 0 Å². The number of aliphatic carboxylic acids is 1. The smallest absolute Gasteiger partial charge is 0.304 e. The molecule has 2 aromatic carbocycles. The molecular weight excluding hydrogens is 252 g/mol. The highest BCUT2D eigenvalue weighted by Crippen LogP contribution is 2.25. The van der Waals surface area contributed by atoms with Gasteiger partial charge in [-0.25, -0.2) is 0 Å². The fourth-order valence-corrected chi connectivity index (χ4v) is 1.84. The molecule has 100 valence electrons. The van der Waals surface area contributed by atoms with Crippen molar-refractivity contribution >= 4 is 5.97 Å². The van der Waals surface area contributed by atoms with Crippen molar-refractivity contribution in [3.63, 3.8) is 0 Å². The average Bonchev–Trinajstić information content (AvgIpc) is 2.46. The van der Waals surface area contributed by atoms with E-state index in [4.69, 9.17) is 16.3 Å². The third kappa shape index (κ3) is 3.63. The quantitative estimate of drug-likeness (QED) is 0.840. The summed E-state index contributed by atoms with van der Waals surface area (Å²) >= 11 is 0. The summed E-state index contributed by atoms with van der Waals surface area (Å²) in [6, 6.07) is 16.6. The molecule has 0 aromatic heterocycles. The van der Waals surface area contributed by atoms with Crippen molar-refractivity contribution < 1.29 is 14.6 Å². The minimum Gasteiger partial charge on any atom is -0.481 e. The van der Waals surface area contributed by atoms with Crippen LogP contribution in [0.3, 0.4) is 0 Å². The van der Waals surface area contributed by atoms with Crippen molar-refractivity contribution in [3.8, 4) is 23.8 Å². The first-order valence-corrected chi connectivity index (χ1v) is 6.20. The van der Waals surface area contributed by atoms with Gasteiger partial charge in [0.1, 0.15) is 11.5 Å². The van der Waals surface area contributed by atoms with Gasteiger partial charge in [0.2, 0.25) is 0 Å². The number of carboxylic acid groups (broad SMARTS) is 1. The van der Waals surface area contributed by atoms with E-state index in [-0.39, 0.29) is 6.42 Å². The standard InChI is InChI=1S/C17H14O3/c1-2-13(12-17(18)19)14-8-10-16(11-9-14)20-15-6-4-3-5-7-15/h1,3-11,13H,12H2,(H,18,19)/t13-/m0/s1. The third-order valence-electron chi connectivity index (χ3n) is 2.84. The highest BCUT2D eigenvalue weighted by molar-refractivity contribution is 5.68. The van der Waals surface area contributed by atoms with Crippen LogP contribution in [0.1, 0.15) is 17.9 Å². The van der Waals surface area contributed by atoms with Crippen LogP contribution in [0.15, 0.2) is 54.6 Å². The molecule has 0 radical (unpaired) electrons. The number of benzene rings is 2. The number of hydrogen-bond donors (Lipinski definition) is 1. The summed E-state index contributed by atoms with van der Waals surface area (Å²) in [7, 11) is 0. The summed E-state index contributed by atoms with van der Waals surface area (Å²) < 4.78 is 5.66. The van der Waals surface area contributed by atoms with E-state index >= 15 is 0 Å². The van der Waals surface area contributed by atoms with E-state index in [0.717, 1.165) is 11.3 Å². The van der Waals surface area contributed by atoms with E-state index in [1.807, 2.05) is 30.3 Å². The van der Waals surface area contributed by atoms with Crippen LogP contribution < -0.4 is 4.74 Å². The van der Waals surface area contributed by atoms with Crippen LogP contribution in [0.2, 0.25) is 0 Å².